The summed E-state index contributed by atoms with van der Waals surface area (Å²) in [5.74, 6) is -1.90. The molecule has 0 saturated heterocycles. The van der Waals surface area contributed by atoms with Crippen molar-refractivity contribution in [1.29, 1.82) is 0 Å². The third-order valence-electron chi connectivity index (χ3n) is 2.45. The molecule has 0 aromatic heterocycles. The van der Waals surface area contributed by atoms with Gasteiger partial charge in [0.05, 0.1) is 33.0 Å². The van der Waals surface area contributed by atoms with Crippen molar-refractivity contribution in [2.45, 2.75) is 0 Å². The minimum atomic E-state index is -0.725. The Kier molecular flexibility index (Phi) is 5.94. The molecule has 0 fully saturated rings. The van der Waals surface area contributed by atoms with E-state index >= 15 is 0 Å². The van der Waals surface area contributed by atoms with Crippen LogP contribution in [-0.4, -0.2) is 39.2 Å². The predicted molar refractivity (Wildman–Crippen MR) is 73.5 cm³/mol. The van der Waals surface area contributed by atoms with Crippen LogP contribution in [0.2, 0.25) is 0 Å². The number of rotatable bonds is 5. The Morgan fingerprint density at radius 1 is 0.952 bits per heavy atom. The third-order valence-corrected chi connectivity index (χ3v) is 2.45. The molecule has 1 N–H and O–H groups in total. The highest BCUT2D eigenvalue weighted by Crippen LogP contribution is 2.13. The topological polar surface area (TPSA) is 90.9 Å². The summed E-state index contributed by atoms with van der Waals surface area (Å²) in [5, 5.41) is 2.71. The van der Waals surface area contributed by atoms with E-state index in [-0.39, 0.29) is 5.70 Å². The van der Waals surface area contributed by atoms with Crippen molar-refractivity contribution in [3.05, 3.63) is 41.6 Å². The summed E-state index contributed by atoms with van der Waals surface area (Å²) in [4.78, 5) is 34.1. The SMILES string of the molecule is COC(=O)/C=C(/Nc1ccc(C(=O)OC)cc1)C(=O)OC. The van der Waals surface area contributed by atoms with Crippen molar-refractivity contribution in [2.75, 3.05) is 26.6 Å². The first kappa shape index (κ1) is 16.2. The van der Waals surface area contributed by atoms with E-state index in [2.05, 4.69) is 19.5 Å². The van der Waals surface area contributed by atoms with Crippen molar-refractivity contribution >= 4 is 23.6 Å². The number of nitrogens with one attached hydrogen (secondary N) is 1. The van der Waals surface area contributed by atoms with Gasteiger partial charge in [0.2, 0.25) is 0 Å². The Hall–Kier alpha value is -2.83. The fourth-order valence-electron chi connectivity index (χ4n) is 1.40. The first-order valence-corrected chi connectivity index (χ1v) is 5.85. The van der Waals surface area contributed by atoms with Crippen LogP contribution >= 0.6 is 0 Å². The number of hydrogen-bond donors (Lipinski definition) is 1. The molecule has 0 spiro atoms. The Bertz CT molecular complexity index is 561. The van der Waals surface area contributed by atoms with E-state index in [1.165, 1.54) is 33.5 Å². The van der Waals surface area contributed by atoms with Crippen molar-refractivity contribution in [1.82, 2.24) is 0 Å². The molecule has 1 rings (SSSR count). The lowest BCUT2D eigenvalue weighted by Gasteiger charge is -2.09. The lowest BCUT2D eigenvalue weighted by molar-refractivity contribution is -0.138. The monoisotopic (exact) mass is 293 g/mol. The maximum atomic E-state index is 11.6. The van der Waals surface area contributed by atoms with Crippen LogP contribution in [-0.2, 0) is 23.8 Å². The molecule has 0 aliphatic heterocycles. The number of carbonyl (C=O) groups is 3. The van der Waals surface area contributed by atoms with Gasteiger partial charge in [0, 0.05) is 5.69 Å². The van der Waals surface area contributed by atoms with E-state index in [0.717, 1.165) is 6.08 Å². The Morgan fingerprint density at radius 3 is 2.05 bits per heavy atom. The van der Waals surface area contributed by atoms with E-state index in [4.69, 9.17) is 0 Å². The first-order chi connectivity index (χ1) is 10.0. The average molecular weight is 293 g/mol. The van der Waals surface area contributed by atoms with Gasteiger partial charge in [-0.05, 0) is 24.3 Å². The number of benzene rings is 1. The predicted octanol–water partition coefficient (Wildman–Crippen LogP) is 1.11. The fraction of sp³-hybridized carbons (Fsp3) is 0.214. The highest BCUT2D eigenvalue weighted by atomic mass is 16.5. The third kappa shape index (κ3) is 4.64. The Labute approximate surface area is 121 Å². The van der Waals surface area contributed by atoms with Gasteiger partial charge in [-0.3, -0.25) is 0 Å². The molecule has 0 unspecified atom stereocenters. The molecule has 21 heavy (non-hydrogen) atoms. The van der Waals surface area contributed by atoms with Crippen molar-refractivity contribution in [3.8, 4) is 0 Å². The van der Waals surface area contributed by atoms with Crippen LogP contribution < -0.4 is 5.32 Å². The van der Waals surface area contributed by atoms with E-state index < -0.39 is 17.9 Å². The summed E-state index contributed by atoms with van der Waals surface area (Å²) in [5.41, 5.74) is 0.762. The molecule has 0 atom stereocenters. The zero-order valence-electron chi connectivity index (χ0n) is 11.8. The zero-order chi connectivity index (χ0) is 15.8. The van der Waals surface area contributed by atoms with Gasteiger partial charge in [-0.25, -0.2) is 14.4 Å². The van der Waals surface area contributed by atoms with E-state index in [9.17, 15) is 14.4 Å². The van der Waals surface area contributed by atoms with Gasteiger partial charge >= 0.3 is 17.9 Å². The molecule has 112 valence electrons. The summed E-state index contributed by atoms with van der Waals surface area (Å²) >= 11 is 0. The second-order valence-corrected chi connectivity index (χ2v) is 3.77. The van der Waals surface area contributed by atoms with Crippen LogP contribution in [0.4, 0.5) is 5.69 Å². The first-order valence-electron chi connectivity index (χ1n) is 5.85. The summed E-state index contributed by atoms with van der Waals surface area (Å²) < 4.78 is 13.6. The molecule has 0 aliphatic carbocycles. The largest absolute Gasteiger partial charge is 0.466 e. The number of carbonyl (C=O) groups excluding carboxylic acids is 3. The molecule has 0 saturated carbocycles. The number of methoxy groups -OCH3 is 3. The van der Waals surface area contributed by atoms with Gasteiger partial charge in [-0.15, -0.1) is 0 Å². The van der Waals surface area contributed by atoms with Gasteiger partial charge in [0.25, 0.3) is 0 Å². The molecule has 7 nitrogen and oxygen atoms in total. The summed E-state index contributed by atoms with van der Waals surface area (Å²) in [6.07, 6.45) is 0.972. The number of hydrogen-bond acceptors (Lipinski definition) is 7. The minimum Gasteiger partial charge on any atom is -0.466 e. The number of esters is 3. The Balaban J connectivity index is 2.94. The molecule has 7 heteroatoms. The molecule has 0 aliphatic rings. The normalized spacial score (nSPS) is 10.5. The number of ether oxygens (including phenoxy) is 3. The second kappa shape index (κ2) is 7.68. The van der Waals surface area contributed by atoms with E-state index in [0.29, 0.717) is 11.3 Å². The van der Waals surface area contributed by atoms with E-state index in [1.807, 2.05) is 0 Å². The van der Waals surface area contributed by atoms with Gasteiger partial charge in [-0.1, -0.05) is 0 Å². The second-order valence-electron chi connectivity index (χ2n) is 3.77. The summed E-state index contributed by atoms with van der Waals surface area (Å²) in [6.45, 7) is 0. The molecular weight excluding hydrogens is 278 g/mol. The quantitative estimate of drug-likeness (QED) is 0.494. The molecular formula is C14H15NO6. The fourth-order valence-corrected chi connectivity index (χ4v) is 1.40. The van der Waals surface area contributed by atoms with Crippen LogP contribution in [0.1, 0.15) is 10.4 Å². The van der Waals surface area contributed by atoms with Crippen molar-refractivity contribution < 1.29 is 28.6 Å². The smallest absolute Gasteiger partial charge is 0.354 e. The van der Waals surface area contributed by atoms with Crippen LogP contribution in [0.5, 0.6) is 0 Å². The van der Waals surface area contributed by atoms with Crippen LogP contribution in [0.15, 0.2) is 36.0 Å². The average Bonchev–Trinajstić information content (AvgIpc) is 2.53. The van der Waals surface area contributed by atoms with Crippen molar-refractivity contribution in [3.63, 3.8) is 0 Å². The molecule has 1 aromatic rings. The molecule has 0 heterocycles. The molecule has 0 radical (unpaired) electrons. The summed E-state index contributed by atoms with van der Waals surface area (Å²) in [7, 11) is 3.66. The maximum absolute atomic E-state index is 11.6. The zero-order valence-corrected chi connectivity index (χ0v) is 11.8. The standard InChI is InChI=1S/C14H15NO6/c1-19-12(16)8-11(14(18)21-3)15-10-6-4-9(5-7-10)13(17)20-2/h4-8,15H,1-3H3/b11-8+. The Morgan fingerprint density at radius 2 is 1.57 bits per heavy atom. The highest BCUT2D eigenvalue weighted by molar-refractivity contribution is 5.98. The highest BCUT2D eigenvalue weighted by Gasteiger charge is 2.13. The lowest BCUT2D eigenvalue weighted by Crippen LogP contribution is -2.15. The van der Waals surface area contributed by atoms with Gasteiger partial charge < -0.3 is 19.5 Å². The molecule has 0 bridgehead atoms. The lowest BCUT2D eigenvalue weighted by atomic mass is 10.2. The van der Waals surface area contributed by atoms with Gasteiger partial charge in [-0.2, -0.15) is 0 Å². The van der Waals surface area contributed by atoms with E-state index in [1.54, 1.807) is 12.1 Å². The number of anilines is 1. The minimum absolute atomic E-state index is 0.0878. The molecule has 0 amide bonds. The van der Waals surface area contributed by atoms with Gasteiger partial charge in [0.1, 0.15) is 5.70 Å². The van der Waals surface area contributed by atoms with Crippen molar-refractivity contribution in [2.24, 2.45) is 0 Å². The van der Waals surface area contributed by atoms with Crippen LogP contribution in [0, 0.1) is 0 Å². The van der Waals surface area contributed by atoms with Crippen LogP contribution in [0.3, 0.4) is 0 Å². The van der Waals surface area contributed by atoms with Crippen LogP contribution in [0.25, 0.3) is 0 Å². The summed E-state index contributed by atoms with van der Waals surface area (Å²) in [6, 6.07) is 6.14. The maximum Gasteiger partial charge on any atom is 0.354 e. The van der Waals surface area contributed by atoms with Gasteiger partial charge in [0.15, 0.2) is 0 Å². The molecule has 1 aromatic carbocycles.